The third-order valence-electron chi connectivity index (χ3n) is 2.22. The maximum atomic E-state index is 13.3. The number of benzene rings is 1. The lowest BCUT2D eigenvalue weighted by Gasteiger charge is -2.10. The molecule has 0 saturated carbocycles. The third kappa shape index (κ3) is 3.47. The van der Waals surface area contributed by atoms with Crippen LogP contribution in [0, 0.1) is 5.82 Å². The van der Waals surface area contributed by atoms with E-state index in [1.807, 2.05) is 6.92 Å². The van der Waals surface area contributed by atoms with Crippen LogP contribution in [-0.4, -0.2) is 18.5 Å². The highest BCUT2D eigenvalue weighted by Gasteiger charge is 2.12. The highest BCUT2D eigenvalue weighted by molar-refractivity contribution is 6.30. The van der Waals surface area contributed by atoms with Crippen molar-refractivity contribution in [1.82, 2.24) is 5.32 Å². The van der Waals surface area contributed by atoms with Crippen molar-refractivity contribution in [2.24, 2.45) is 5.73 Å². The zero-order chi connectivity index (χ0) is 12.1. The second kappa shape index (κ2) is 5.82. The summed E-state index contributed by atoms with van der Waals surface area (Å²) in [5, 5.41) is 2.88. The van der Waals surface area contributed by atoms with Gasteiger partial charge in [-0.05, 0) is 24.6 Å². The maximum absolute atomic E-state index is 13.3. The van der Waals surface area contributed by atoms with Crippen molar-refractivity contribution in [1.29, 1.82) is 0 Å². The van der Waals surface area contributed by atoms with Gasteiger partial charge in [-0.1, -0.05) is 18.5 Å². The Kier molecular flexibility index (Phi) is 4.71. The predicted molar refractivity (Wildman–Crippen MR) is 62.0 cm³/mol. The van der Waals surface area contributed by atoms with Crippen LogP contribution in [0.25, 0.3) is 0 Å². The summed E-state index contributed by atoms with van der Waals surface area (Å²) in [6, 6.07) is 3.73. The third-order valence-corrected chi connectivity index (χ3v) is 2.46. The molecule has 1 aromatic rings. The Bertz CT molecular complexity index is 384. The van der Waals surface area contributed by atoms with Gasteiger partial charge in [-0.15, -0.1) is 0 Å². The van der Waals surface area contributed by atoms with E-state index in [1.54, 1.807) is 0 Å². The number of carbonyl (C=O) groups excluding carboxylic acids is 1. The van der Waals surface area contributed by atoms with Crippen molar-refractivity contribution < 1.29 is 9.18 Å². The summed E-state index contributed by atoms with van der Waals surface area (Å²) in [7, 11) is 0. The Labute approximate surface area is 98.8 Å². The maximum Gasteiger partial charge on any atom is 0.254 e. The fourth-order valence-corrected chi connectivity index (χ4v) is 1.31. The number of amides is 1. The summed E-state index contributed by atoms with van der Waals surface area (Å²) in [4.78, 5) is 11.6. The number of nitrogens with one attached hydrogen (secondary N) is 1. The minimum atomic E-state index is -0.591. The lowest BCUT2D eigenvalue weighted by atomic mass is 10.2. The van der Waals surface area contributed by atoms with Crippen molar-refractivity contribution in [3.63, 3.8) is 0 Å². The molecule has 1 atom stereocenters. The summed E-state index contributed by atoms with van der Waals surface area (Å²) >= 11 is 5.68. The molecule has 0 bridgehead atoms. The summed E-state index contributed by atoms with van der Waals surface area (Å²) < 4.78 is 13.3. The van der Waals surface area contributed by atoms with Gasteiger partial charge in [-0.2, -0.15) is 0 Å². The van der Waals surface area contributed by atoms with Gasteiger partial charge in [0.2, 0.25) is 0 Å². The van der Waals surface area contributed by atoms with Crippen molar-refractivity contribution >= 4 is 17.5 Å². The molecule has 0 heterocycles. The van der Waals surface area contributed by atoms with Crippen LogP contribution < -0.4 is 11.1 Å². The minimum Gasteiger partial charge on any atom is -0.350 e. The van der Waals surface area contributed by atoms with Gasteiger partial charge in [0.1, 0.15) is 5.82 Å². The molecule has 16 heavy (non-hydrogen) atoms. The van der Waals surface area contributed by atoms with E-state index in [2.05, 4.69) is 5.32 Å². The zero-order valence-electron chi connectivity index (χ0n) is 8.97. The van der Waals surface area contributed by atoms with Gasteiger partial charge in [0, 0.05) is 17.6 Å². The van der Waals surface area contributed by atoms with Gasteiger partial charge >= 0.3 is 0 Å². The van der Waals surface area contributed by atoms with Crippen molar-refractivity contribution in [2.75, 3.05) is 6.54 Å². The van der Waals surface area contributed by atoms with Crippen LogP contribution in [0.15, 0.2) is 18.2 Å². The Morgan fingerprint density at radius 3 is 2.94 bits per heavy atom. The topological polar surface area (TPSA) is 55.1 Å². The van der Waals surface area contributed by atoms with Crippen molar-refractivity contribution in [3.8, 4) is 0 Å². The number of carbonyl (C=O) groups is 1. The molecule has 0 spiro atoms. The Balaban J connectivity index is 2.69. The predicted octanol–water partition coefficient (Wildman–Crippen LogP) is 1.95. The quantitative estimate of drug-likeness (QED) is 0.851. The average Bonchev–Trinajstić information content (AvgIpc) is 2.28. The second-order valence-electron chi connectivity index (χ2n) is 3.50. The minimum absolute atomic E-state index is 0.0594. The summed E-state index contributed by atoms with van der Waals surface area (Å²) in [5.74, 6) is -1.09. The molecule has 1 aromatic carbocycles. The molecule has 0 saturated heterocycles. The molecule has 3 N–H and O–H groups in total. The van der Waals surface area contributed by atoms with Gasteiger partial charge < -0.3 is 11.1 Å². The number of rotatable bonds is 4. The number of hydrogen-bond donors (Lipinski definition) is 2. The van der Waals surface area contributed by atoms with E-state index >= 15 is 0 Å². The molecule has 1 rings (SSSR count). The standard InChI is InChI=1S/C11H14ClFN2O/c1-2-8(14)6-15-11(16)9-5-7(12)3-4-10(9)13/h3-5,8H,2,6,14H2,1H3,(H,15,16). The van der Waals surface area contributed by atoms with E-state index in [0.29, 0.717) is 11.6 Å². The first-order valence-corrected chi connectivity index (χ1v) is 5.41. The molecule has 3 nitrogen and oxygen atoms in total. The molecule has 0 radical (unpaired) electrons. The van der Waals surface area contributed by atoms with E-state index in [1.165, 1.54) is 12.1 Å². The normalized spacial score (nSPS) is 12.2. The van der Waals surface area contributed by atoms with Crippen molar-refractivity contribution in [2.45, 2.75) is 19.4 Å². The Hall–Kier alpha value is -1.13. The van der Waals surface area contributed by atoms with Crippen LogP contribution in [0.5, 0.6) is 0 Å². The van der Waals surface area contributed by atoms with Gasteiger partial charge in [0.05, 0.1) is 5.56 Å². The first-order valence-electron chi connectivity index (χ1n) is 5.03. The van der Waals surface area contributed by atoms with Crippen molar-refractivity contribution in [3.05, 3.63) is 34.6 Å². The van der Waals surface area contributed by atoms with Crippen LogP contribution in [0.3, 0.4) is 0 Å². The van der Waals surface area contributed by atoms with E-state index in [0.717, 1.165) is 12.5 Å². The Morgan fingerprint density at radius 2 is 2.31 bits per heavy atom. The number of hydrogen-bond acceptors (Lipinski definition) is 2. The van der Waals surface area contributed by atoms with Crippen LogP contribution in [-0.2, 0) is 0 Å². The zero-order valence-corrected chi connectivity index (χ0v) is 9.72. The fourth-order valence-electron chi connectivity index (χ4n) is 1.13. The molecule has 88 valence electrons. The van der Waals surface area contributed by atoms with E-state index in [-0.39, 0.29) is 11.6 Å². The number of halogens is 2. The summed E-state index contributed by atoms with van der Waals surface area (Å²) in [6.07, 6.45) is 0.748. The highest BCUT2D eigenvalue weighted by atomic mass is 35.5. The van der Waals surface area contributed by atoms with Gasteiger partial charge in [0.15, 0.2) is 0 Å². The summed E-state index contributed by atoms with van der Waals surface area (Å²) in [6.45, 7) is 2.23. The SMILES string of the molecule is CCC(N)CNC(=O)c1cc(Cl)ccc1F. The molecule has 1 unspecified atom stereocenters. The molecule has 0 aromatic heterocycles. The van der Waals surface area contributed by atoms with Gasteiger partial charge in [-0.25, -0.2) is 4.39 Å². The largest absolute Gasteiger partial charge is 0.350 e. The van der Waals surface area contributed by atoms with Crippen LogP contribution >= 0.6 is 11.6 Å². The molecular formula is C11H14ClFN2O. The molecule has 0 aliphatic carbocycles. The fraction of sp³-hybridized carbons (Fsp3) is 0.364. The Morgan fingerprint density at radius 1 is 1.62 bits per heavy atom. The van der Waals surface area contributed by atoms with Crippen LogP contribution in [0.4, 0.5) is 4.39 Å². The monoisotopic (exact) mass is 244 g/mol. The molecule has 0 aliphatic heterocycles. The van der Waals surface area contributed by atoms with Crippen LogP contribution in [0.2, 0.25) is 5.02 Å². The first-order chi connectivity index (χ1) is 7.54. The second-order valence-corrected chi connectivity index (χ2v) is 3.94. The van der Waals surface area contributed by atoms with E-state index < -0.39 is 11.7 Å². The number of nitrogens with two attached hydrogens (primary N) is 1. The molecular weight excluding hydrogens is 231 g/mol. The molecule has 1 amide bonds. The average molecular weight is 245 g/mol. The summed E-state index contributed by atoms with van der Waals surface area (Å²) in [5.41, 5.74) is 5.57. The van der Waals surface area contributed by atoms with E-state index in [4.69, 9.17) is 17.3 Å². The highest BCUT2D eigenvalue weighted by Crippen LogP contribution is 2.14. The van der Waals surface area contributed by atoms with E-state index in [9.17, 15) is 9.18 Å². The molecule has 0 fully saturated rings. The molecule has 0 aliphatic rings. The first kappa shape index (κ1) is 12.9. The smallest absolute Gasteiger partial charge is 0.254 e. The lowest BCUT2D eigenvalue weighted by molar-refractivity contribution is 0.0947. The van der Waals surface area contributed by atoms with Crippen LogP contribution in [0.1, 0.15) is 23.7 Å². The van der Waals surface area contributed by atoms with Gasteiger partial charge in [0.25, 0.3) is 5.91 Å². The molecule has 5 heteroatoms. The van der Waals surface area contributed by atoms with Gasteiger partial charge in [-0.3, -0.25) is 4.79 Å². The lowest BCUT2D eigenvalue weighted by Crippen LogP contribution is -2.37.